The van der Waals surface area contributed by atoms with Crippen LogP contribution in [0.1, 0.15) is 103 Å². The fourth-order valence-electron chi connectivity index (χ4n) is 2.53. The Kier molecular flexibility index (Phi) is 16.0. The molecule has 0 aliphatic rings. The van der Waals surface area contributed by atoms with E-state index in [0.29, 0.717) is 0 Å². The predicted molar refractivity (Wildman–Crippen MR) is 86.3 cm³/mol. The molecule has 0 aromatic heterocycles. The van der Waals surface area contributed by atoms with Gasteiger partial charge >= 0.3 is 0 Å². The molecule has 1 heteroatoms. The number of aliphatic hydroxyl groups is 1. The van der Waals surface area contributed by atoms with Crippen LogP contribution in [0.3, 0.4) is 0 Å². The highest BCUT2D eigenvalue weighted by molar-refractivity contribution is 4.53. The number of hydrogen-bond acceptors (Lipinski definition) is 1. The molecule has 19 heavy (non-hydrogen) atoms. The molecule has 115 valence electrons. The van der Waals surface area contributed by atoms with E-state index in [1.54, 1.807) is 0 Å². The smallest absolute Gasteiger partial charge is 0.0537 e. The second-order valence-corrected chi connectivity index (χ2v) is 5.95. The lowest BCUT2D eigenvalue weighted by Crippen LogP contribution is -2.03. The topological polar surface area (TPSA) is 20.2 Å². The van der Waals surface area contributed by atoms with Gasteiger partial charge in [0.15, 0.2) is 0 Å². The van der Waals surface area contributed by atoms with Gasteiger partial charge in [-0.25, -0.2) is 0 Å². The SMILES string of the molecule is [CH2]CCCCCCCCCCCCCCC(O)CC. The van der Waals surface area contributed by atoms with Gasteiger partial charge in [-0.1, -0.05) is 97.3 Å². The van der Waals surface area contributed by atoms with Gasteiger partial charge in [-0.15, -0.1) is 0 Å². The minimum absolute atomic E-state index is 0.0523. The zero-order chi connectivity index (χ0) is 14.2. The Balaban J connectivity index is 2.95. The molecule has 0 aromatic carbocycles. The van der Waals surface area contributed by atoms with Gasteiger partial charge in [-0.05, 0) is 12.8 Å². The number of unbranched alkanes of at least 4 members (excludes halogenated alkanes) is 12. The van der Waals surface area contributed by atoms with Crippen LogP contribution >= 0.6 is 0 Å². The minimum atomic E-state index is -0.0523. The first-order valence-electron chi connectivity index (χ1n) is 8.78. The maximum atomic E-state index is 9.43. The van der Waals surface area contributed by atoms with E-state index in [2.05, 4.69) is 13.8 Å². The van der Waals surface area contributed by atoms with Crippen molar-refractivity contribution < 1.29 is 5.11 Å². The summed E-state index contributed by atoms with van der Waals surface area (Å²) in [6, 6.07) is 0. The van der Waals surface area contributed by atoms with Crippen molar-refractivity contribution in [2.75, 3.05) is 0 Å². The highest BCUT2D eigenvalue weighted by atomic mass is 16.3. The normalized spacial score (nSPS) is 12.8. The second kappa shape index (κ2) is 16.0. The molecule has 1 radical (unpaired) electrons. The first-order valence-corrected chi connectivity index (χ1v) is 8.78. The van der Waals surface area contributed by atoms with Crippen molar-refractivity contribution in [3.05, 3.63) is 6.92 Å². The largest absolute Gasteiger partial charge is 0.393 e. The maximum Gasteiger partial charge on any atom is 0.0537 e. The van der Waals surface area contributed by atoms with Gasteiger partial charge in [0, 0.05) is 0 Å². The van der Waals surface area contributed by atoms with Gasteiger partial charge < -0.3 is 5.11 Å². The highest BCUT2D eigenvalue weighted by Crippen LogP contribution is 2.13. The fourth-order valence-corrected chi connectivity index (χ4v) is 2.53. The number of rotatable bonds is 15. The molecule has 0 aliphatic carbocycles. The monoisotopic (exact) mass is 269 g/mol. The van der Waals surface area contributed by atoms with Gasteiger partial charge in [0.1, 0.15) is 0 Å². The molecule has 1 nitrogen and oxygen atoms in total. The molecule has 1 unspecified atom stereocenters. The highest BCUT2D eigenvalue weighted by Gasteiger charge is 1.99. The molecule has 0 aliphatic heterocycles. The second-order valence-electron chi connectivity index (χ2n) is 5.95. The summed E-state index contributed by atoms with van der Waals surface area (Å²) in [4.78, 5) is 0. The average Bonchev–Trinajstić information content (AvgIpc) is 2.43. The van der Waals surface area contributed by atoms with Gasteiger partial charge in [0.2, 0.25) is 0 Å². The lowest BCUT2D eigenvalue weighted by Gasteiger charge is -2.06. The van der Waals surface area contributed by atoms with Crippen LogP contribution in [0.4, 0.5) is 0 Å². The zero-order valence-corrected chi connectivity index (χ0v) is 13.3. The predicted octanol–water partition coefficient (Wildman–Crippen LogP) is 6.05. The Labute approximate surface area is 122 Å². The summed E-state index contributed by atoms with van der Waals surface area (Å²) in [6.07, 6.45) is 19.5. The van der Waals surface area contributed by atoms with Crippen molar-refractivity contribution in [1.29, 1.82) is 0 Å². The van der Waals surface area contributed by atoms with Crippen molar-refractivity contribution in [3.63, 3.8) is 0 Å². The van der Waals surface area contributed by atoms with Crippen LogP contribution < -0.4 is 0 Å². The molecule has 1 N–H and O–H groups in total. The third-order valence-corrected chi connectivity index (χ3v) is 4.01. The number of aliphatic hydroxyl groups excluding tert-OH is 1. The zero-order valence-electron chi connectivity index (χ0n) is 13.3. The third kappa shape index (κ3) is 15.9. The van der Waals surface area contributed by atoms with Gasteiger partial charge in [-0.2, -0.15) is 0 Å². The van der Waals surface area contributed by atoms with Crippen LogP contribution in [0.15, 0.2) is 0 Å². The minimum Gasteiger partial charge on any atom is -0.393 e. The van der Waals surface area contributed by atoms with E-state index in [1.807, 2.05) is 0 Å². The summed E-state index contributed by atoms with van der Waals surface area (Å²) in [7, 11) is 0. The van der Waals surface area contributed by atoms with E-state index in [1.165, 1.54) is 77.0 Å². The molecule has 1 atom stereocenters. The Hall–Kier alpha value is -0.0400. The summed E-state index contributed by atoms with van der Waals surface area (Å²) < 4.78 is 0. The molecular formula is C18H37O. The average molecular weight is 269 g/mol. The van der Waals surface area contributed by atoms with E-state index in [9.17, 15) is 5.11 Å². The quantitative estimate of drug-likeness (QED) is 0.359. The molecule has 0 saturated heterocycles. The Morgan fingerprint density at radius 1 is 0.684 bits per heavy atom. The molecular weight excluding hydrogens is 232 g/mol. The molecule has 0 aromatic rings. The summed E-state index contributed by atoms with van der Waals surface area (Å²) in [5.41, 5.74) is 0. The molecule has 0 fully saturated rings. The van der Waals surface area contributed by atoms with Crippen LogP contribution in [0.2, 0.25) is 0 Å². The van der Waals surface area contributed by atoms with Crippen LogP contribution in [-0.4, -0.2) is 11.2 Å². The maximum absolute atomic E-state index is 9.43. The first-order chi connectivity index (χ1) is 9.31. The Morgan fingerprint density at radius 3 is 1.42 bits per heavy atom. The van der Waals surface area contributed by atoms with Crippen molar-refractivity contribution in [2.45, 2.75) is 109 Å². The van der Waals surface area contributed by atoms with Gasteiger partial charge in [0.05, 0.1) is 6.10 Å². The van der Waals surface area contributed by atoms with Crippen molar-refractivity contribution in [2.24, 2.45) is 0 Å². The summed E-state index contributed by atoms with van der Waals surface area (Å²) in [5, 5.41) is 9.43. The Morgan fingerprint density at radius 2 is 1.05 bits per heavy atom. The summed E-state index contributed by atoms with van der Waals surface area (Å²) in [5.74, 6) is 0. The molecule has 0 saturated carbocycles. The van der Waals surface area contributed by atoms with E-state index >= 15 is 0 Å². The number of hydrogen-bond donors (Lipinski definition) is 1. The third-order valence-electron chi connectivity index (χ3n) is 4.01. The molecule has 0 rings (SSSR count). The molecule has 0 heterocycles. The van der Waals surface area contributed by atoms with E-state index in [4.69, 9.17) is 0 Å². The summed E-state index contributed by atoms with van der Waals surface area (Å²) in [6.45, 7) is 5.93. The molecule has 0 spiro atoms. The summed E-state index contributed by atoms with van der Waals surface area (Å²) >= 11 is 0. The van der Waals surface area contributed by atoms with Gasteiger partial charge in [-0.3, -0.25) is 0 Å². The van der Waals surface area contributed by atoms with Gasteiger partial charge in [0.25, 0.3) is 0 Å². The van der Waals surface area contributed by atoms with Crippen molar-refractivity contribution >= 4 is 0 Å². The lowest BCUT2D eigenvalue weighted by atomic mass is 10.0. The van der Waals surface area contributed by atoms with Crippen LogP contribution in [-0.2, 0) is 0 Å². The Bertz CT molecular complexity index is 156. The lowest BCUT2D eigenvalue weighted by molar-refractivity contribution is 0.156. The standard InChI is InChI=1S/C18H37O/c1-3-5-6-7-8-9-10-11-12-13-14-15-16-17-18(19)4-2/h18-19H,1,3-17H2,2H3. The van der Waals surface area contributed by atoms with E-state index in [-0.39, 0.29) is 6.10 Å². The van der Waals surface area contributed by atoms with Crippen LogP contribution in [0.5, 0.6) is 0 Å². The van der Waals surface area contributed by atoms with Crippen LogP contribution in [0.25, 0.3) is 0 Å². The van der Waals surface area contributed by atoms with E-state index < -0.39 is 0 Å². The van der Waals surface area contributed by atoms with Crippen LogP contribution in [0, 0.1) is 6.92 Å². The fraction of sp³-hybridized carbons (Fsp3) is 0.944. The molecule has 0 amide bonds. The first kappa shape index (κ1) is 19.0. The van der Waals surface area contributed by atoms with Crippen molar-refractivity contribution in [3.8, 4) is 0 Å². The molecule has 0 bridgehead atoms. The van der Waals surface area contributed by atoms with E-state index in [0.717, 1.165) is 19.3 Å². The van der Waals surface area contributed by atoms with Crippen molar-refractivity contribution in [1.82, 2.24) is 0 Å².